The highest BCUT2D eigenvalue weighted by Crippen LogP contribution is 2.40. The summed E-state index contributed by atoms with van der Waals surface area (Å²) in [5.74, 6) is -0.157. The van der Waals surface area contributed by atoms with Gasteiger partial charge in [0.2, 0.25) is 0 Å². The second kappa shape index (κ2) is 12.2. The lowest BCUT2D eigenvalue weighted by atomic mass is 10.0. The zero-order chi connectivity index (χ0) is 23.8. The number of ether oxygens (including phenoxy) is 2. The fourth-order valence-corrected chi connectivity index (χ4v) is 5.40. The van der Waals surface area contributed by atoms with Crippen molar-refractivity contribution >= 4 is 35.8 Å². The predicted octanol–water partition coefficient (Wildman–Crippen LogP) is 2.51. The van der Waals surface area contributed by atoms with Crippen molar-refractivity contribution in [1.29, 1.82) is 5.41 Å². The van der Waals surface area contributed by atoms with Crippen LogP contribution in [-0.2, 0) is 20.7 Å². The fourth-order valence-electron chi connectivity index (χ4n) is 4.10. The molecule has 1 aromatic heterocycles. The number of thiophene rings is 1. The molecule has 2 aliphatic rings. The lowest BCUT2D eigenvalue weighted by molar-refractivity contribution is -0.148. The van der Waals surface area contributed by atoms with E-state index in [1.807, 2.05) is 4.90 Å². The van der Waals surface area contributed by atoms with Crippen LogP contribution in [0.1, 0.15) is 53.5 Å². The quantitative estimate of drug-likeness (QED) is 0.335. The normalized spacial score (nSPS) is 20.3. The first-order valence-corrected chi connectivity index (χ1v) is 12.3. The molecule has 182 valence electrons. The van der Waals surface area contributed by atoms with Gasteiger partial charge in [0.05, 0.1) is 25.7 Å². The predicted molar refractivity (Wildman–Crippen MR) is 130 cm³/mol. The van der Waals surface area contributed by atoms with Gasteiger partial charge in [-0.25, -0.2) is 4.79 Å². The smallest absolute Gasteiger partial charge is 0.406 e. The number of carbonyl (C=O) groups excluding carboxylic acids is 2. The number of carbonyl (C=O) groups is 2. The largest absolute Gasteiger partial charge is 0.453 e. The average Bonchev–Trinajstić information content (AvgIpc) is 3.58. The first kappa shape index (κ1) is 25.3. The third-order valence-electron chi connectivity index (χ3n) is 5.96. The van der Waals surface area contributed by atoms with Crippen molar-refractivity contribution in [2.75, 3.05) is 40.4 Å². The van der Waals surface area contributed by atoms with E-state index in [9.17, 15) is 9.59 Å². The van der Waals surface area contributed by atoms with Crippen LogP contribution in [-0.4, -0.2) is 81.9 Å². The van der Waals surface area contributed by atoms with Gasteiger partial charge in [0.1, 0.15) is 6.10 Å². The van der Waals surface area contributed by atoms with E-state index in [2.05, 4.69) is 33.4 Å². The number of alkyl carbamates (subject to hydrolysis) is 1. The van der Waals surface area contributed by atoms with Gasteiger partial charge < -0.3 is 30.4 Å². The zero-order valence-corrected chi connectivity index (χ0v) is 20.5. The highest BCUT2D eigenvalue weighted by atomic mass is 32.1. The summed E-state index contributed by atoms with van der Waals surface area (Å²) in [6.07, 6.45) is 5.82. The SMILES string of the molecule is CN=CC(C=N)c1sc([C@@H](C)N(C(=O)[C@H]2CNCCO2)C2CC2)cc1CCCNC(=O)OC. The summed E-state index contributed by atoms with van der Waals surface area (Å²) in [5.41, 5.74) is 1.13. The molecule has 9 nitrogen and oxygen atoms in total. The number of aliphatic imine (C=N–C) groups is 1. The fraction of sp³-hybridized carbons (Fsp3) is 0.652. The Morgan fingerprint density at radius 2 is 2.27 bits per heavy atom. The van der Waals surface area contributed by atoms with Gasteiger partial charge in [-0.1, -0.05) is 0 Å². The van der Waals surface area contributed by atoms with Crippen molar-refractivity contribution in [2.45, 2.75) is 56.7 Å². The number of hydrogen-bond acceptors (Lipinski definition) is 8. The summed E-state index contributed by atoms with van der Waals surface area (Å²) in [6, 6.07) is 2.34. The number of nitrogens with zero attached hydrogens (tertiary/aromatic N) is 2. The lowest BCUT2D eigenvalue weighted by Gasteiger charge is -2.33. The van der Waals surface area contributed by atoms with E-state index in [-0.39, 0.29) is 23.9 Å². The standard InChI is InChI=1S/C23H35N5O4S/c1-15(28(18-6-7-18)22(29)19-14-26-9-10-32-19)20-11-16(5-4-8-27-23(30)31-3)21(33-20)17(12-24)13-25-2/h11-13,15,17-19,24,26H,4-10,14H2,1-3H3,(H,27,30)/t15-,17?,19-/m1/s1. The van der Waals surface area contributed by atoms with E-state index in [0.717, 1.165) is 47.5 Å². The maximum absolute atomic E-state index is 13.3. The molecule has 1 aliphatic carbocycles. The molecule has 10 heteroatoms. The third kappa shape index (κ3) is 6.61. The molecule has 2 heterocycles. The first-order valence-electron chi connectivity index (χ1n) is 11.5. The molecule has 0 radical (unpaired) electrons. The average molecular weight is 478 g/mol. The number of methoxy groups -OCH3 is 1. The summed E-state index contributed by atoms with van der Waals surface area (Å²) in [7, 11) is 3.05. The van der Waals surface area contributed by atoms with Crippen molar-refractivity contribution in [3.8, 4) is 0 Å². The van der Waals surface area contributed by atoms with E-state index in [1.165, 1.54) is 13.3 Å². The van der Waals surface area contributed by atoms with Crippen LogP contribution in [0.5, 0.6) is 0 Å². The highest BCUT2D eigenvalue weighted by molar-refractivity contribution is 7.12. The molecule has 0 spiro atoms. The van der Waals surface area contributed by atoms with E-state index < -0.39 is 12.2 Å². The van der Waals surface area contributed by atoms with Gasteiger partial charge in [0.15, 0.2) is 0 Å². The highest BCUT2D eigenvalue weighted by Gasteiger charge is 2.40. The molecule has 0 bridgehead atoms. The number of morpholine rings is 1. The third-order valence-corrected chi connectivity index (χ3v) is 7.41. The second-order valence-corrected chi connectivity index (χ2v) is 9.49. The number of hydrogen-bond donors (Lipinski definition) is 3. The van der Waals surface area contributed by atoms with E-state index >= 15 is 0 Å². The van der Waals surface area contributed by atoms with Crippen LogP contribution in [0.3, 0.4) is 0 Å². The van der Waals surface area contributed by atoms with Gasteiger partial charge in [0, 0.05) is 54.9 Å². The Labute approximate surface area is 199 Å². The molecule has 0 aromatic carbocycles. The number of aryl methyl sites for hydroxylation is 1. The first-order chi connectivity index (χ1) is 16.0. The summed E-state index contributed by atoms with van der Waals surface area (Å²) in [4.78, 5) is 33.0. The van der Waals surface area contributed by atoms with Gasteiger partial charge in [-0.3, -0.25) is 9.79 Å². The minimum atomic E-state index is -0.441. The molecule has 33 heavy (non-hydrogen) atoms. The Morgan fingerprint density at radius 3 is 2.88 bits per heavy atom. The molecule has 1 unspecified atom stereocenters. The number of amides is 2. The van der Waals surface area contributed by atoms with Crippen molar-refractivity contribution in [3.05, 3.63) is 21.4 Å². The van der Waals surface area contributed by atoms with Gasteiger partial charge in [0.25, 0.3) is 5.91 Å². The van der Waals surface area contributed by atoms with Crippen LogP contribution in [0.2, 0.25) is 0 Å². The van der Waals surface area contributed by atoms with E-state index in [4.69, 9.17) is 10.1 Å². The van der Waals surface area contributed by atoms with Gasteiger partial charge in [-0.15, -0.1) is 11.3 Å². The topological polar surface area (TPSA) is 116 Å². The van der Waals surface area contributed by atoms with Crippen LogP contribution in [0, 0.1) is 5.41 Å². The van der Waals surface area contributed by atoms with E-state index in [0.29, 0.717) is 19.7 Å². The van der Waals surface area contributed by atoms with Crippen molar-refractivity contribution in [2.24, 2.45) is 4.99 Å². The van der Waals surface area contributed by atoms with Gasteiger partial charge in [-0.2, -0.15) is 0 Å². The molecule has 3 N–H and O–H groups in total. The van der Waals surface area contributed by atoms with Crippen molar-refractivity contribution in [3.63, 3.8) is 0 Å². The molecule has 3 atom stereocenters. The molecular formula is C23H35N5O4S. The molecule has 1 aliphatic heterocycles. The number of nitrogens with one attached hydrogen (secondary N) is 3. The monoisotopic (exact) mass is 477 g/mol. The van der Waals surface area contributed by atoms with Gasteiger partial charge >= 0.3 is 6.09 Å². The van der Waals surface area contributed by atoms with Gasteiger partial charge in [-0.05, 0) is 44.2 Å². The maximum Gasteiger partial charge on any atom is 0.406 e. The lowest BCUT2D eigenvalue weighted by Crippen LogP contribution is -2.50. The minimum absolute atomic E-state index is 0.0507. The van der Waals surface area contributed by atoms with E-state index in [1.54, 1.807) is 24.6 Å². The number of rotatable bonds is 11. The summed E-state index contributed by atoms with van der Waals surface area (Å²) >= 11 is 1.64. The van der Waals surface area contributed by atoms with Crippen LogP contribution in [0.4, 0.5) is 4.79 Å². The maximum atomic E-state index is 13.3. The Hall–Kier alpha value is -2.30. The Bertz CT molecular complexity index is 848. The van der Waals surface area contributed by atoms with Crippen molar-refractivity contribution in [1.82, 2.24) is 15.5 Å². The molecular weight excluding hydrogens is 442 g/mol. The summed E-state index contributed by atoms with van der Waals surface area (Å²) in [6.45, 7) is 4.45. The summed E-state index contributed by atoms with van der Waals surface area (Å²) in [5, 5.41) is 13.9. The summed E-state index contributed by atoms with van der Waals surface area (Å²) < 4.78 is 10.4. The van der Waals surface area contributed by atoms with Crippen LogP contribution in [0.15, 0.2) is 11.1 Å². The minimum Gasteiger partial charge on any atom is -0.453 e. The molecule has 3 rings (SSSR count). The molecule has 1 saturated heterocycles. The van der Waals surface area contributed by atoms with Crippen molar-refractivity contribution < 1.29 is 19.1 Å². The van der Waals surface area contributed by atoms with Crippen LogP contribution in [0.25, 0.3) is 0 Å². The Morgan fingerprint density at radius 1 is 1.48 bits per heavy atom. The van der Waals surface area contributed by atoms with Crippen LogP contribution >= 0.6 is 11.3 Å². The Kier molecular flexibility index (Phi) is 9.40. The Balaban J connectivity index is 1.80. The molecule has 2 amide bonds. The molecule has 1 aromatic rings. The molecule has 1 saturated carbocycles. The zero-order valence-electron chi connectivity index (χ0n) is 19.6. The second-order valence-electron chi connectivity index (χ2n) is 8.38. The van der Waals surface area contributed by atoms with Crippen LogP contribution < -0.4 is 10.6 Å². The molecule has 2 fully saturated rings.